The minimum absolute atomic E-state index is 0.0861. The quantitative estimate of drug-likeness (QED) is 0.306. The highest BCUT2D eigenvalue weighted by atomic mass is 16.5. The van der Waals surface area contributed by atoms with E-state index in [9.17, 15) is 0 Å². The van der Waals surface area contributed by atoms with Crippen molar-refractivity contribution in [3.63, 3.8) is 0 Å². The largest absolute Gasteiger partial charge is 0.497 e. The first-order valence-corrected chi connectivity index (χ1v) is 11.7. The first kappa shape index (κ1) is 22.1. The summed E-state index contributed by atoms with van der Waals surface area (Å²) in [7, 11) is 1.66. The van der Waals surface area contributed by atoms with Crippen LogP contribution in [0.3, 0.4) is 0 Å². The maximum Gasteiger partial charge on any atom is 0.278 e. The lowest BCUT2D eigenvalue weighted by molar-refractivity contribution is -0.00115. The molecular formula is C28H24N4O4. The number of hydrogen-bond donors (Lipinski definition) is 0. The summed E-state index contributed by atoms with van der Waals surface area (Å²) in [6, 6.07) is 27.5. The SMILES string of the molecule is COc1ccc([C@@H]2Cn3nc(-c4nc(-c5ccc(OCc6ccccc6)cc5)no4)cc3CO2)cc1. The van der Waals surface area contributed by atoms with Gasteiger partial charge in [0.2, 0.25) is 5.82 Å². The summed E-state index contributed by atoms with van der Waals surface area (Å²) in [5.41, 5.74) is 4.63. The fourth-order valence-corrected chi connectivity index (χ4v) is 4.14. The Balaban J connectivity index is 1.13. The number of nitrogens with zero attached hydrogens (tertiary/aromatic N) is 4. The predicted octanol–water partition coefficient (Wildman–Crippen LogP) is 5.46. The van der Waals surface area contributed by atoms with E-state index in [0.29, 0.717) is 37.2 Å². The number of fused-ring (bicyclic) bond motifs is 1. The lowest BCUT2D eigenvalue weighted by Gasteiger charge is -2.24. The number of aromatic nitrogens is 4. The Kier molecular flexibility index (Phi) is 5.93. The molecule has 180 valence electrons. The van der Waals surface area contributed by atoms with Gasteiger partial charge >= 0.3 is 0 Å². The molecule has 1 atom stereocenters. The maximum atomic E-state index is 6.07. The second kappa shape index (κ2) is 9.67. The number of methoxy groups -OCH3 is 1. The third kappa shape index (κ3) is 4.58. The van der Waals surface area contributed by atoms with Crippen LogP contribution in [0.2, 0.25) is 0 Å². The van der Waals surface area contributed by atoms with Crippen LogP contribution in [0.15, 0.2) is 89.5 Å². The van der Waals surface area contributed by atoms with E-state index in [0.717, 1.165) is 33.9 Å². The molecule has 8 nitrogen and oxygen atoms in total. The van der Waals surface area contributed by atoms with Gasteiger partial charge in [0, 0.05) is 5.56 Å². The Labute approximate surface area is 208 Å². The van der Waals surface area contributed by atoms with Gasteiger partial charge in [-0.2, -0.15) is 10.1 Å². The molecule has 3 heterocycles. The van der Waals surface area contributed by atoms with Gasteiger partial charge in [-0.05, 0) is 53.6 Å². The second-order valence-corrected chi connectivity index (χ2v) is 8.50. The Hall–Kier alpha value is -4.43. The summed E-state index contributed by atoms with van der Waals surface area (Å²) in [5.74, 6) is 2.47. The van der Waals surface area contributed by atoms with Gasteiger partial charge in [-0.1, -0.05) is 47.6 Å². The van der Waals surface area contributed by atoms with Crippen molar-refractivity contribution in [2.75, 3.05) is 7.11 Å². The van der Waals surface area contributed by atoms with E-state index < -0.39 is 0 Å². The molecule has 0 aliphatic carbocycles. The van der Waals surface area contributed by atoms with E-state index in [1.807, 2.05) is 89.6 Å². The average Bonchev–Trinajstić information content (AvgIpc) is 3.60. The van der Waals surface area contributed by atoms with Crippen molar-refractivity contribution >= 4 is 0 Å². The highest BCUT2D eigenvalue weighted by Gasteiger charge is 2.24. The summed E-state index contributed by atoms with van der Waals surface area (Å²) in [6.45, 7) is 1.57. The highest BCUT2D eigenvalue weighted by Crippen LogP contribution is 2.30. The molecule has 6 rings (SSSR count). The van der Waals surface area contributed by atoms with Crippen molar-refractivity contribution < 1.29 is 18.7 Å². The zero-order chi connectivity index (χ0) is 24.3. The number of benzene rings is 3. The molecule has 36 heavy (non-hydrogen) atoms. The standard InChI is InChI=1S/C28H24N4O4/c1-33-23-11-7-20(8-12-23)26-16-32-22(18-35-26)15-25(30-32)28-29-27(31-36-28)21-9-13-24(14-10-21)34-17-19-5-3-2-4-6-19/h2-15,26H,16-18H2,1H3/t26-/m0/s1. The van der Waals surface area contributed by atoms with Crippen molar-refractivity contribution in [1.82, 2.24) is 19.9 Å². The molecule has 0 fully saturated rings. The molecule has 1 aliphatic rings. The molecule has 3 aromatic carbocycles. The van der Waals surface area contributed by atoms with Crippen LogP contribution in [0.1, 0.15) is 22.9 Å². The normalized spacial score (nSPS) is 14.9. The molecule has 0 bridgehead atoms. The van der Waals surface area contributed by atoms with Crippen molar-refractivity contribution in [3.8, 4) is 34.5 Å². The number of ether oxygens (including phenoxy) is 3. The third-order valence-electron chi connectivity index (χ3n) is 6.13. The van der Waals surface area contributed by atoms with Crippen LogP contribution in [0.25, 0.3) is 23.0 Å². The van der Waals surface area contributed by atoms with Gasteiger partial charge in [0.25, 0.3) is 5.89 Å². The van der Waals surface area contributed by atoms with Crippen molar-refractivity contribution in [2.45, 2.75) is 25.9 Å². The summed E-state index contributed by atoms with van der Waals surface area (Å²) in [5, 5.41) is 8.85. The monoisotopic (exact) mass is 480 g/mol. The number of hydrogen-bond acceptors (Lipinski definition) is 7. The Morgan fingerprint density at radius 2 is 1.72 bits per heavy atom. The van der Waals surface area contributed by atoms with Gasteiger partial charge < -0.3 is 18.7 Å². The van der Waals surface area contributed by atoms with Gasteiger partial charge in [0.1, 0.15) is 24.2 Å². The van der Waals surface area contributed by atoms with Crippen LogP contribution in [-0.4, -0.2) is 27.0 Å². The van der Waals surface area contributed by atoms with Crippen LogP contribution in [0.5, 0.6) is 11.5 Å². The van der Waals surface area contributed by atoms with Crippen LogP contribution in [-0.2, 0) is 24.5 Å². The van der Waals surface area contributed by atoms with Crippen LogP contribution < -0.4 is 9.47 Å². The molecule has 0 saturated carbocycles. The Morgan fingerprint density at radius 3 is 2.50 bits per heavy atom. The first-order chi connectivity index (χ1) is 17.7. The molecule has 0 saturated heterocycles. The van der Waals surface area contributed by atoms with E-state index in [4.69, 9.17) is 23.8 Å². The molecule has 8 heteroatoms. The van der Waals surface area contributed by atoms with E-state index in [-0.39, 0.29) is 6.10 Å². The molecule has 0 unspecified atom stereocenters. The number of rotatable bonds is 7. The lowest BCUT2D eigenvalue weighted by Crippen LogP contribution is -2.21. The summed E-state index contributed by atoms with van der Waals surface area (Å²) < 4.78 is 24.6. The smallest absolute Gasteiger partial charge is 0.278 e. The minimum Gasteiger partial charge on any atom is -0.497 e. The molecule has 0 amide bonds. The fourth-order valence-electron chi connectivity index (χ4n) is 4.14. The van der Waals surface area contributed by atoms with Gasteiger partial charge in [-0.15, -0.1) is 0 Å². The van der Waals surface area contributed by atoms with E-state index in [1.54, 1.807) is 7.11 Å². The molecule has 1 aliphatic heterocycles. The molecule has 0 radical (unpaired) electrons. The maximum absolute atomic E-state index is 6.07. The lowest BCUT2D eigenvalue weighted by atomic mass is 10.1. The van der Waals surface area contributed by atoms with Crippen LogP contribution in [0.4, 0.5) is 0 Å². The summed E-state index contributed by atoms with van der Waals surface area (Å²) in [4.78, 5) is 4.56. The first-order valence-electron chi connectivity index (χ1n) is 11.7. The van der Waals surface area contributed by atoms with Crippen molar-refractivity contribution in [3.05, 3.63) is 102 Å². The Bertz CT molecular complexity index is 1440. The van der Waals surface area contributed by atoms with Crippen molar-refractivity contribution in [1.29, 1.82) is 0 Å². The van der Waals surface area contributed by atoms with E-state index in [2.05, 4.69) is 10.1 Å². The van der Waals surface area contributed by atoms with Gasteiger partial charge in [0.05, 0.1) is 26.0 Å². The predicted molar refractivity (Wildman–Crippen MR) is 132 cm³/mol. The topological polar surface area (TPSA) is 84.4 Å². The highest BCUT2D eigenvalue weighted by molar-refractivity contribution is 5.59. The Morgan fingerprint density at radius 1 is 0.944 bits per heavy atom. The van der Waals surface area contributed by atoms with Crippen LogP contribution >= 0.6 is 0 Å². The van der Waals surface area contributed by atoms with Gasteiger partial charge in [0.15, 0.2) is 5.69 Å². The van der Waals surface area contributed by atoms with Crippen molar-refractivity contribution in [2.24, 2.45) is 0 Å². The summed E-state index contributed by atoms with van der Waals surface area (Å²) >= 11 is 0. The molecule has 0 N–H and O–H groups in total. The third-order valence-corrected chi connectivity index (χ3v) is 6.13. The van der Waals surface area contributed by atoms with Gasteiger partial charge in [-0.25, -0.2) is 0 Å². The molecule has 2 aromatic heterocycles. The summed E-state index contributed by atoms with van der Waals surface area (Å²) in [6.07, 6.45) is -0.0861. The zero-order valence-electron chi connectivity index (χ0n) is 19.7. The molecular weight excluding hydrogens is 456 g/mol. The van der Waals surface area contributed by atoms with Crippen LogP contribution in [0, 0.1) is 0 Å². The zero-order valence-corrected chi connectivity index (χ0v) is 19.7. The van der Waals surface area contributed by atoms with Gasteiger partial charge in [-0.3, -0.25) is 4.68 Å². The average molecular weight is 481 g/mol. The second-order valence-electron chi connectivity index (χ2n) is 8.50. The molecule has 0 spiro atoms. The molecule has 5 aromatic rings. The fraction of sp³-hybridized carbons (Fsp3) is 0.179. The van der Waals surface area contributed by atoms with E-state index >= 15 is 0 Å². The minimum atomic E-state index is -0.0861. The van der Waals surface area contributed by atoms with E-state index in [1.165, 1.54) is 0 Å².